The second-order valence-corrected chi connectivity index (χ2v) is 5.25. The predicted octanol–water partition coefficient (Wildman–Crippen LogP) is 2.35. The summed E-state index contributed by atoms with van der Waals surface area (Å²) < 4.78 is 2.24. The minimum Gasteiger partial charge on any atom is -0.384 e. The molecule has 1 heterocycles. The first-order chi connectivity index (χ1) is 8.99. The minimum absolute atomic E-state index is 0.194. The highest BCUT2D eigenvalue weighted by molar-refractivity contribution is 9.10. The number of rotatable bonds is 3. The van der Waals surface area contributed by atoms with Gasteiger partial charge in [0.2, 0.25) is 0 Å². The lowest BCUT2D eigenvalue weighted by Crippen LogP contribution is -2.23. The van der Waals surface area contributed by atoms with Crippen molar-refractivity contribution in [3.05, 3.63) is 45.0 Å². The number of nitrogens with two attached hydrogens (primary N) is 1. The summed E-state index contributed by atoms with van der Waals surface area (Å²) in [6.07, 6.45) is 1.63. The maximum Gasteiger partial charge on any atom is 0.251 e. The molecule has 5 nitrogen and oxygen atoms in total. The largest absolute Gasteiger partial charge is 0.384 e. The third kappa shape index (κ3) is 3.08. The zero-order valence-corrected chi connectivity index (χ0v) is 12.5. The van der Waals surface area contributed by atoms with Crippen molar-refractivity contribution in [1.82, 2.24) is 15.1 Å². The van der Waals surface area contributed by atoms with Crippen molar-refractivity contribution in [1.29, 1.82) is 0 Å². The van der Waals surface area contributed by atoms with Crippen molar-refractivity contribution in [3.8, 4) is 0 Å². The Balaban J connectivity index is 2.05. The summed E-state index contributed by atoms with van der Waals surface area (Å²) in [5.74, 6) is 0.346. The van der Waals surface area contributed by atoms with Gasteiger partial charge in [-0.05, 0) is 34.1 Å². The lowest BCUT2D eigenvalue weighted by atomic mass is 10.2. The monoisotopic (exact) mass is 342 g/mol. The van der Waals surface area contributed by atoms with Gasteiger partial charge in [-0.25, -0.2) is 0 Å². The highest BCUT2D eigenvalue weighted by Gasteiger charge is 2.10. The zero-order chi connectivity index (χ0) is 14.0. The van der Waals surface area contributed by atoms with Crippen LogP contribution in [0.1, 0.15) is 15.9 Å². The number of hydrogen-bond acceptors (Lipinski definition) is 3. The quantitative estimate of drug-likeness (QED) is 0.898. The molecule has 2 rings (SSSR count). The van der Waals surface area contributed by atoms with Gasteiger partial charge in [-0.15, -0.1) is 0 Å². The van der Waals surface area contributed by atoms with Gasteiger partial charge in [0.25, 0.3) is 5.91 Å². The molecule has 0 fully saturated rings. The summed E-state index contributed by atoms with van der Waals surface area (Å²) in [4.78, 5) is 12.0. The summed E-state index contributed by atoms with van der Waals surface area (Å²) in [6, 6.07) is 5.00. The number of hydrogen-bond donors (Lipinski definition) is 2. The van der Waals surface area contributed by atoms with Crippen LogP contribution in [0.25, 0.3) is 0 Å². The number of halogens is 2. The first kappa shape index (κ1) is 13.9. The van der Waals surface area contributed by atoms with Crippen molar-refractivity contribution in [2.75, 3.05) is 5.73 Å². The topological polar surface area (TPSA) is 72.9 Å². The Morgan fingerprint density at radius 3 is 2.89 bits per heavy atom. The summed E-state index contributed by atoms with van der Waals surface area (Å²) >= 11 is 9.16. The van der Waals surface area contributed by atoms with Crippen LogP contribution in [0.3, 0.4) is 0 Å². The summed E-state index contributed by atoms with van der Waals surface area (Å²) in [7, 11) is 1.75. The number of nitrogen functional groups attached to an aromatic ring is 1. The van der Waals surface area contributed by atoms with E-state index in [1.165, 1.54) is 0 Å². The zero-order valence-electron chi connectivity index (χ0n) is 10.2. The lowest BCUT2D eigenvalue weighted by Gasteiger charge is -2.06. The van der Waals surface area contributed by atoms with Crippen LogP contribution in [-0.4, -0.2) is 15.7 Å². The van der Waals surface area contributed by atoms with E-state index in [0.717, 1.165) is 5.56 Å². The Hall–Kier alpha value is -1.53. The van der Waals surface area contributed by atoms with E-state index in [1.54, 1.807) is 36.1 Å². The standard InChI is InChI=1S/C12H12BrClN4O/c1-18-11(15)8(6-17-18)5-16-12(19)7-2-3-10(14)9(13)4-7/h2-4,6H,5,15H2,1H3,(H,16,19). The fourth-order valence-corrected chi connectivity index (χ4v) is 2.04. The Kier molecular flexibility index (Phi) is 4.11. The number of aryl methyl sites for hydroxylation is 1. The molecule has 2 aromatic rings. The third-order valence-electron chi connectivity index (χ3n) is 2.69. The SMILES string of the molecule is Cn1ncc(CNC(=O)c2ccc(Cl)c(Br)c2)c1N. The second-order valence-electron chi connectivity index (χ2n) is 3.99. The molecule has 7 heteroatoms. The second kappa shape index (κ2) is 5.63. The van der Waals surface area contributed by atoms with E-state index < -0.39 is 0 Å². The molecule has 0 aliphatic carbocycles. The van der Waals surface area contributed by atoms with E-state index in [9.17, 15) is 4.79 Å². The van der Waals surface area contributed by atoms with Crippen LogP contribution in [-0.2, 0) is 13.6 Å². The Morgan fingerprint density at radius 1 is 1.58 bits per heavy atom. The smallest absolute Gasteiger partial charge is 0.251 e. The molecule has 1 amide bonds. The first-order valence-electron chi connectivity index (χ1n) is 5.48. The van der Waals surface area contributed by atoms with Gasteiger partial charge in [-0.1, -0.05) is 11.6 Å². The molecule has 100 valence electrons. The van der Waals surface area contributed by atoms with E-state index in [2.05, 4.69) is 26.3 Å². The van der Waals surface area contributed by atoms with Gasteiger partial charge in [-0.2, -0.15) is 5.10 Å². The number of nitrogens with one attached hydrogen (secondary N) is 1. The number of amides is 1. The molecule has 0 spiro atoms. The maximum atomic E-state index is 12.0. The number of aromatic nitrogens is 2. The van der Waals surface area contributed by atoms with Gasteiger partial charge < -0.3 is 11.1 Å². The molecule has 0 atom stereocenters. The van der Waals surface area contributed by atoms with Gasteiger partial charge in [0, 0.05) is 29.2 Å². The highest BCUT2D eigenvalue weighted by Crippen LogP contribution is 2.23. The van der Waals surface area contributed by atoms with Crippen molar-refractivity contribution in [2.45, 2.75) is 6.54 Å². The van der Waals surface area contributed by atoms with Gasteiger partial charge in [0.1, 0.15) is 5.82 Å². The molecule has 19 heavy (non-hydrogen) atoms. The van der Waals surface area contributed by atoms with E-state index in [4.69, 9.17) is 17.3 Å². The fourth-order valence-electron chi connectivity index (χ4n) is 1.54. The average Bonchev–Trinajstić information content (AvgIpc) is 2.70. The number of nitrogens with zero attached hydrogens (tertiary/aromatic N) is 2. The van der Waals surface area contributed by atoms with Gasteiger partial charge in [-0.3, -0.25) is 9.48 Å². The molecule has 0 bridgehead atoms. The van der Waals surface area contributed by atoms with E-state index in [0.29, 0.717) is 27.4 Å². The molecule has 0 radical (unpaired) electrons. The first-order valence-corrected chi connectivity index (χ1v) is 6.65. The Bertz CT molecular complexity index is 626. The Morgan fingerprint density at radius 2 is 2.32 bits per heavy atom. The number of carbonyl (C=O) groups is 1. The summed E-state index contributed by atoms with van der Waals surface area (Å²) in [5, 5.41) is 7.35. The number of carbonyl (C=O) groups excluding carboxylic acids is 1. The normalized spacial score (nSPS) is 10.5. The number of benzene rings is 1. The van der Waals surface area contributed by atoms with E-state index in [1.807, 2.05) is 0 Å². The van der Waals surface area contributed by atoms with Crippen LogP contribution < -0.4 is 11.1 Å². The van der Waals surface area contributed by atoms with Crippen LogP contribution >= 0.6 is 27.5 Å². The molecule has 0 saturated carbocycles. The number of anilines is 1. The molecule has 0 aliphatic rings. The molecular weight excluding hydrogens is 332 g/mol. The molecule has 1 aromatic carbocycles. The average molecular weight is 344 g/mol. The van der Waals surface area contributed by atoms with Crippen LogP contribution in [0.15, 0.2) is 28.9 Å². The molecule has 1 aromatic heterocycles. The van der Waals surface area contributed by atoms with Crippen LogP contribution in [0.5, 0.6) is 0 Å². The minimum atomic E-state index is -0.194. The van der Waals surface area contributed by atoms with Crippen LogP contribution in [0, 0.1) is 0 Å². The fraction of sp³-hybridized carbons (Fsp3) is 0.167. The summed E-state index contributed by atoms with van der Waals surface area (Å²) in [5.41, 5.74) is 7.10. The van der Waals surface area contributed by atoms with Gasteiger partial charge in [0.05, 0.1) is 11.2 Å². The summed E-state index contributed by atoms with van der Waals surface area (Å²) in [6.45, 7) is 0.332. The van der Waals surface area contributed by atoms with Crippen LogP contribution in [0.4, 0.5) is 5.82 Å². The van der Waals surface area contributed by atoms with Crippen molar-refractivity contribution in [3.63, 3.8) is 0 Å². The highest BCUT2D eigenvalue weighted by atomic mass is 79.9. The lowest BCUT2D eigenvalue weighted by molar-refractivity contribution is 0.0951. The van der Waals surface area contributed by atoms with Crippen molar-refractivity contribution >= 4 is 39.3 Å². The van der Waals surface area contributed by atoms with Crippen LogP contribution in [0.2, 0.25) is 5.02 Å². The molecule has 0 saturated heterocycles. The van der Waals surface area contributed by atoms with Crippen molar-refractivity contribution < 1.29 is 4.79 Å². The molecule has 3 N–H and O–H groups in total. The molecule has 0 unspecified atom stereocenters. The van der Waals surface area contributed by atoms with Crippen molar-refractivity contribution in [2.24, 2.45) is 7.05 Å². The maximum absolute atomic E-state index is 12.0. The molecular formula is C12H12BrClN4O. The van der Waals surface area contributed by atoms with Gasteiger partial charge >= 0.3 is 0 Å². The van der Waals surface area contributed by atoms with E-state index in [-0.39, 0.29) is 5.91 Å². The van der Waals surface area contributed by atoms with E-state index >= 15 is 0 Å². The van der Waals surface area contributed by atoms with Gasteiger partial charge in [0.15, 0.2) is 0 Å². The predicted molar refractivity (Wildman–Crippen MR) is 77.9 cm³/mol. The Labute approximate surface area is 123 Å². The third-order valence-corrected chi connectivity index (χ3v) is 3.90. The molecule has 0 aliphatic heterocycles.